The van der Waals surface area contributed by atoms with E-state index in [0.29, 0.717) is 5.82 Å². The zero-order chi connectivity index (χ0) is 7.40. The van der Waals surface area contributed by atoms with Crippen LogP contribution in [-0.4, -0.2) is 14.9 Å². The van der Waals surface area contributed by atoms with Gasteiger partial charge in [-0.3, -0.25) is 10.1 Å². The lowest BCUT2D eigenvalue weighted by atomic mass is 10.4. The lowest BCUT2D eigenvalue weighted by molar-refractivity contribution is -0.437. The largest absolute Gasteiger partial charge is 0.348 e. The van der Waals surface area contributed by atoms with Crippen molar-refractivity contribution >= 4 is 0 Å². The maximum atomic E-state index is 9.80. The van der Waals surface area contributed by atoms with Gasteiger partial charge in [-0.1, -0.05) is 0 Å². The Hall–Kier alpha value is -1.39. The highest BCUT2D eigenvalue weighted by atomic mass is 16.6. The molecule has 0 aliphatic rings. The Kier molecular flexibility index (Phi) is 1.99. The number of aromatic nitrogens is 2. The van der Waals surface area contributed by atoms with E-state index in [9.17, 15) is 10.1 Å². The molecule has 1 radical (unpaired) electrons. The molecule has 1 heterocycles. The Labute approximate surface area is 57.2 Å². The number of H-pyrrole nitrogens is 1. The molecule has 53 valence electrons. The van der Waals surface area contributed by atoms with Crippen LogP contribution in [0.25, 0.3) is 0 Å². The number of hydrogen-bond acceptors (Lipinski definition) is 3. The molecule has 5 nitrogen and oxygen atoms in total. The van der Waals surface area contributed by atoms with Gasteiger partial charge in [0.1, 0.15) is 5.82 Å². The molecule has 0 bridgehead atoms. The third-order valence-corrected chi connectivity index (χ3v) is 0.989. The fourth-order valence-electron chi connectivity index (χ4n) is 0.571. The van der Waals surface area contributed by atoms with Gasteiger partial charge in [0.15, 0.2) is 0 Å². The molecular weight excluding hydrogens is 134 g/mol. The van der Waals surface area contributed by atoms with Crippen molar-refractivity contribution < 1.29 is 4.92 Å². The minimum atomic E-state index is -0.484. The van der Waals surface area contributed by atoms with Crippen LogP contribution in [0.1, 0.15) is 5.82 Å². The molecule has 0 aliphatic heterocycles. The number of rotatable bonds is 3. The summed E-state index contributed by atoms with van der Waals surface area (Å²) in [5.41, 5.74) is 0. The van der Waals surface area contributed by atoms with E-state index in [2.05, 4.69) is 9.97 Å². The van der Waals surface area contributed by atoms with Gasteiger partial charge in [-0.2, -0.15) is 0 Å². The molecule has 0 fully saturated rings. The van der Waals surface area contributed by atoms with Gasteiger partial charge in [0.05, 0.1) is 6.42 Å². The zero-order valence-corrected chi connectivity index (χ0v) is 5.15. The Morgan fingerprint density at radius 3 is 3.20 bits per heavy atom. The Morgan fingerprint density at radius 1 is 1.90 bits per heavy atom. The maximum Gasteiger partial charge on any atom is 0.286 e. The van der Waals surface area contributed by atoms with Crippen molar-refractivity contribution in [3.05, 3.63) is 34.9 Å². The summed E-state index contributed by atoms with van der Waals surface area (Å²) in [6, 6.07) is 0. The van der Waals surface area contributed by atoms with Crippen LogP contribution in [-0.2, 0) is 6.42 Å². The van der Waals surface area contributed by atoms with Crippen LogP contribution in [0.2, 0.25) is 0 Å². The molecule has 10 heavy (non-hydrogen) atoms. The van der Waals surface area contributed by atoms with Crippen molar-refractivity contribution in [1.29, 1.82) is 0 Å². The van der Waals surface area contributed by atoms with Crippen LogP contribution >= 0.6 is 0 Å². The minimum absolute atomic E-state index is 0.250. The van der Waals surface area contributed by atoms with Crippen molar-refractivity contribution in [3.8, 4) is 0 Å². The molecule has 0 aliphatic carbocycles. The van der Waals surface area contributed by atoms with Gasteiger partial charge < -0.3 is 4.98 Å². The first kappa shape index (κ1) is 6.73. The number of hydrogen-bond donors (Lipinski definition) is 1. The first-order valence-corrected chi connectivity index (χ1v) is 2.74. The summed E-state index contributed by atoms with van der Waals surface area (Å²) in [5, 5.41) is 9.80. The molecule has 0 saturated carbocycles. The standard InChI is InChI=1S/C5H6N3O2/c9-8(10)4-1-5-6-2-3-7-5/h2-4H,1H2,(H,6,7). The average molecular weight is 140 g/mol. The van der Waals surface area contributed by atoms with Gasteiger partial charge in [0.2, 0.25) is 0 Å². The van der Waals surface area contributed by atoms with Crippen molar-refractivity contribution in [2.45, 2.75) is 6.42 Å². The van der Waals surface area contributed by atoms with E-state index in [1.54, 1.807) is 12.4 Å². The van der Waals surface area contributed by atoms with Crippen LogP contribution in [0.5, 0.6) is 0 Å². The molecule has 1 aromatic rings. The third kappa shape index (κ3) is 1.85. The van der Waals surface area contributed by atoms with Crippen LogP contribution in [0.15, 0.2) is 12.4 Å². The summed E-state index contributed by atoms with van der Waals surface area (Å²) in [4.78, 5) is 15.9. The Morgan fingerprint density at radius 2 is 2.70 bits per heavy atom. The summed E-state index contributed by atoms with van der Waals surface area (Å²) in [6.45, 7) is 0.957. The number of nitrogens with one attached hydrogen (secondary N) is 1. The average Bonchev–Trinajstić information content (AvgIpc) is 2.34. The van der Waals surface area contributed by atoms with Gasteiger partial charge in [-0.15, -0.1) is 0 Å². The van der Waals surface area contributed by atoms with E-state index in [1.165, 1.54) is 0 Å². The summed E-state index contributed by atoms with van der Waals surface area (Å²) in [5.74, 6) is 0.608. The van der Waals surface area contributed by atoms with E-state index in [1.807, 2.05) is 0 Å². The lowest BCUT2D eigenvalue weighted by Gasteiger charge is -1.86. The number of aromatic amines is 1. The molecule has 0 aromatic carbocycles. The zero-order valence-electron chi connectivity index (χ0n) is 5.15. The molecule has 1 aromatic heterocycles. The SMILES string of the molecule is O=[N+]([O-])[CH]Cc1ncc[nH]1. The molecule has 0 spiro atoms. The summed E-state index contributed by atoms with van der Waals surface area (Å²) in [6.07, 6.45) is 3.44. The molecule has 1 N–H and O–H groups in total. The van der Waals surface area contributed by atoms with Crippen molar-refractivity contribution in [2.24, 2.45) is 0 Å². The number of nitro groups is 1. The van der Waals surface area contributed by atoms with Crippen LogP contribution in [0.3, 0.4) is 0 Å². The molecule has 0 amide bonds. The molecule has 0 atom stereocenters. The quantitative estimate of drug-likeness (QED) is 0.487. The molecular formula is C5H6N3O2. The fraction of sp³-hybridized carbons (Fsp3) is 0.200. The second kappa shape index (κ2) is 2.95. The van der Waals surface area contributed by atoms with E-state index in [-0.39, 0.29) is 6.42 Å². The Bertz CT molecular complexity index is 207. The van der Waals surface area contributed by atoms with Gasteiger partial charge in [0, 0.05) is 17.3 Å². The highest BCUT2D eigenvalue weighted by molar-refractivity contribution is 4.88. The van der Waals surface area contributed by atoms with E-state index >= 15 is 0 Å². The van der Waals surface area contributed by atoms with Gasteiger partial charge in [0.25, 0.3) is 6.54 Å². The van der Waals surface area contributed by atoms with E-state index in [4.69, 9.17) is 0 Å². The predicted molar refractivity (Wildman–Crippen MR) is 33.6 cm³/mol. The molecule has 0 unspecified atom stereocenters. The molecule has 5 heteroatoms. The van der Waals surface area contributed by atoms with Gasteiger partial charge in [-0.05, 0) is 0 Å². The highest BCUT2D eigenvalue weighted by Crippen LogP contribution is 1.92. The number of nitrogens with zero attached hydrogens (tertiary/aromatic N) is 2. The number of imidazole rings is 1. The second-order valence-electron chi connectivity index (χ2n) is 1.71. The third-order valence-electron chi connectivity index (χ3n) is 0.989. The summed E-state index contributed by atoms with van der Waals surface area (Å²) in [7, 11) is 0. The molecule has 0 saturated heterocycles. The van der Waals surface area contributed by atoms with Gasteiger partial charge in [-0.25, -0.2) is 4.98 Å². The smallest absolute Gasteiger partial charge is 0.286 e. The normalized spacial score (nSPS) is 9.60. The minimum Gasteiger partial charge on any atom is -0.348 e. The van der Waals surface area contributed by atoms with Crippen LogP contribution in [0.4, 0.5) is 0 Å². The predicted octanol–water partition coefficient (Wildman–Crippen LogP) is 0.391. The summed E-state index contributed by atoms with van der Waals surface area (Å²) >= 11 is 0. The first-order chi connectivity index (χ1) is 4.79. The topological polar surface area (TPSA) is 71.8 Å². The van der Waals surface area contributed by atoms with Gasteiger partial charge >= 0.3 is 0 Å². The lowest BCUT2D eigenvalue weighted by Crippen LogP contribution is -1.97. The molecule has 1 rings (SSSR count). The monoisotopic (exact) mass is 140 g/mol. The van der Waals surface area contributed by atoms with Crippen LogP contribution in [0, 0.1) is 16.7 Å². The van der Waals surface area contributed by atoms with Crippen LogP contribution < -0.4 is 0 Å². The van der Waals surface area contributed by atoms with E-state index < -0.39 is 4.92 Å². The van der Waals surface area contributed by atoms with Crippen molar-refractivity contribution in [1.82, 2.24) is 9.97 Å². The Balaban J connectivity index is 2.35. The second-order valence-corrected chi connectivity index (χ2v) is 1.71. The summed E-state index contributed by atoms with van der Waals surface area (Å²) < 4.78 is 0. The van der Waals surface area contributed by atoms with Crippen molar-refractivity contribution in [2.75, 3.05) is 0 Å². The van der Waals surface area contributed by atoms with E-state index in [0.717, 1.165) is 6.54 Å². The van der Waals surface area contributed by atoms with Crippen molar-refractivity contribution in [3.63, 3.8) is 0 Å². The first-order valence-electron chi connectivity index (χ1n) is 2.74. The highest BCUT2D eigenvalue weighted by Gasteiger charge is 2.01. The fourth-order valence-corrected chi connectivity index (χ4v) is 0.571. The maximum absolute atomic E-state index is 9.80.